The fourth-order valence-corrected chi connectivity index (χ4v) is 3.72. The fourth-order valence-electron chi connectivity index (χ4n) is 2.41. The molecular formula is C14H23N3O3S. The first-order valence-corrected chi connectivity index (χ1v) is 8.66. The minimum absolute atomic E-state index is 0.112. The van der Waals surface area contributed by atoms with Crippen LogP contribution in [0.2, 0.25) is 0 Å². The van der Waals surface area contributed by atoms with Crippen molar-refractivity contribution in [1.82, 2.24) is 9.62 Å². The van der Waals surface area contributed by atoms with Crippen molar-refractivity contribution in [1.29, 1.82) is 0 Å². The molecule has 1 fully saturated rings. The first-order chi connectivity index (χ1) is 10.1. The van der Waals surface area contributed by atoms with E-state index in [-0.39, 0.29) is 24.1 Å². The molecular weight excluding hydrogens is 290 g/mol. The number of morpholine rings is 1. The van der Waals surface area contributed by atoms with Crippen LogP contribution in [0.15, 0.2) is 29.2 Å². The van der Waals surface area contributed by atoms with E-state index in [4.69, 9.17) is 10.5 Å². The molecule has 1 saturated heterocycles. The molecule has 21 heavy (non-hydrogen) atoms. The number of hydrogen-bond acceptors (Lipinski definition) is 5. The maximum atomic E-state index is 12.4. The Kier molecular flexibility index (Phi) is 5.72. The number of hydrogen-bond donors (Lipinski definition) is 2. The molecule has 1 aromatic carbocycles. The molecule has 1 aromatic rings. The molecule has 0 saturated carbocycles. The summed E-state index contributed by atoms with van der Waals surface area (Å²) in [6.07, 6.45) is -0.112. The molecule has 118 valence electrons. The normalized spacial score (nSPS) is 20.6. The number of sulfonamides is 1. The molecule has 1 unspecified atom stereocenters. The van der Waals surface area contributed by atoms with Crippen LogP contribution < -0.4 is 10.5 Å². The number of likely N-dealkylation sites (N-methyl/N-ethyl adjacent to an activating group) is 1. The van der Waals surface area contributed by atoms with Gasteiger partial charge in [0, 0.05) is 26.2 Å². The highest BCUT2D eigenvalue weighted by Crippen LogP contribution is 2.15. The second-order valence-corrected chi connectivity index (χ2v) is 6.79. The third-order valence-electron chi connectivity index (χ3n) is 3.65. The molecule has 0 aromatic heterocycles. The van der Waals surface area contributed by atoms with Crippen molar-refractivity contribution in [3.05, 3.63) is 29.8 Å². The lowest BCUT2D eigenvalue weighted by atomic mass is 10.2. The van der Waals surface area contributed by atoms with Gasteiger partial charge in [0.2, 0.25) is 10.0 Å². The maximum Gasteiger partial charge on any atom is 0.240 e. The number of benzene rings is 1. The zero-order valence-corrected chi connectivity index (χ0v) is 13.1. The highest BCUT2D eigenvalue weighted by Gasteiger charge is 2.23. The van der Waals surface area contributed by atoms with Gasteiger partial charge in [-0.2, -0.15) is 0 Å². The Morgan fingerprint density at radius 3 is 2.90 bits per heavy atom. The van der Waals surface area contributed by atoms with Gasteiger partial charge in [0.25, 0.3) is 0 Å². The summed E-state index contributed by atoms with van der Waals surface area (Å²) in [5.41, 5.74) is 6.21. The summed E-state index contributed by atoms with van der Waals surface area (Å²) in [7, 11) is -3.56. The first kappa shape index (κ1) is 16.4. The molecule has 0 bridgehead atoms. The molecule has 2 rings (SSSR count). The van der Waals surface area contributed by atoms with E-state index < -0.39 is 10.0 Å². The largest absolute Gasteiger partial charge is 0.374 e. The van der Waals surface area contributed by atoms with Crippen LogP contribution in [-0.2, 0) is 21.3 Å². The molecule has 7 heteroatoms. The van der Waals surface area contributed by atoms with Gasteiger partial charge in [0.15, 0.2) is 0 Å². The minimum atomic E-state index is -3.56. The van der Waals surface area contributed by atoms with E-state index in [1.54, 1.807) is 24.3 Å². The third kappa shape index (κ3) is 4.24. The van der Waals surface area contributed by atoms with Crippen molar-refractivity contribution in [3.8, 4) is 0 Å². The van der Waals surface area contributed by atoms with Crippen molar-refractivity contribution in [2.75, 3.05) is 32.8 Å². The van der Waals surface area contributed by atoms with Crippen molar-refractivity contribution < 1.29 is 13.2 Å². The average molecular weight is 313 g/mol. The van der Waals surface area contributed by atoms with Crippen LogP contribution in [0, 0.1) is 0 Å². The smallest absolute Gasteiger partial charge is 0.240 e. The quantitative estimate of drug-likeness (QED) is 0.781. The van der Waals surface area contributed by atoms with Gasteiger partial charge in [0.1, 0.15) is 0 Å². The standard InChI is InChI=1S/C14H23N3O3S/c1-2-17-7-8-20-13(11-17)10-16-21(18,19)14-6-4-3-5-12(14)9-15/h3-6,13,16H,2,7-11,15H2,1H3. The van der Waals surface area contributed by atoms with Crippen LogP contribution in [-0.4, -0.2) is 52.2 Å². The van der Waals surface area contributed by atoms with Crippen LogP contribution in [0.1, 0.15) is 12.5 Å². The van der Waals surface area contributed by atoms with Crippen LogP contribution >= 0.6 is 0 Å². The maximum absolute atomic E-state index is 12.4. The number of nitrogens with zero attached hydrogens (tertiary/aromatic N) is 1. The molecule has 3 N–H and O–H groups in total. The third-order valence-corrected chi connectivity index (χ3v) is 5.18. The van der Waals surface area contributed by atoms with E-state index in [2.05, 4.69) is 16.5 Å². The van der Waals surface area contributed by atoms with Crippen molar-refractivity contribution in [3.63, 3.8) is 0 Å². The number of ether oxygens (including phenoxy) is 1. The highest BCUT2D eigenvalue weighted by atomic mass is 32.2. The molecule has 1 atom stereocenters. The molecule has 0 amide bonds. The summed E-state index contributed by atoms with van der Waals surface area (Å²) in [5.74, 6) is 0. The van der Waals surface area contributed by atoms with Gasteiger partial charge >= 0.3 is 0 Å². The predicted octanol–water partition coefficient (Wildman–Crippen LogP) is 0.144. The van der Waals surface area contributed by atoms with Crippen molar-refractivity contribution >= 4 is 10.0 Å². The van der Waals surface area contributed by atoms with Gasteiger partial charge in [-0.05, 0) is 18.2 Å². The SMILES string of the molecule is CCN1CCOC(CNS(=O)(=O)c2ccccc2CN)C1. The lowest BCUT2D eigenvalue weighted by Gasteiger charge is -2.32. The van der Waals surface area contributed by atoms with Gasteiger partial charge < -0.3 is 10.5 Å². The van der Waals surface area contributed by atoms with Crippen LogP contribution in [0.5, 0.6) is 0 Å². The summed E-state index contributed by atoms with van der Waals surface area (Å²) >= 11 is 0. The highest BCUT2D eigenvalue weighted by molar-refractivity contribution is 7.89. The van der Waals surface area contributed by atoms with Crippen LogP contribution in [0.4, 0.5) is 0 Å². The Labute approximate surface area is 126 Å². The van der Waals surface area contributed by atoms with Crippen LogP contribution in [0.25, 0.3) is 0 Å². The van der Waals surface area contributed by atoms with E-state index in [1.807, 2.05) is 0 Å². The summed E-state index contributed by atoms with van der Waals surface area (Å²) in [6.45, 7) is 5.79. The van der Waals surface area contributed by atoms with Gasteiger partial charge in [0.05, 0.1) is 17.6 Å². The van der Waals surface area contributed by atoms with Crippen molar-refractivity contribution in [2.24, 2.45) is 5.73 Å². The summed E-state index contributed by atoms with van der Waals surface area (Å²) in [5, 5.41) is 0. The van der Waals surface area contributed by atoms with E-state index >= 15 is 0 Å². The molecule has 0 spiro atoms. The molecule has 6 nitrogen and oxygen atoms in total. The predicted molar refractivity (Wildman–Crippen MR) is 81.4 cm³/mol. The molecule has 0 radical (unpaired) electrons. The summed E-state index contributed by atoms with van der Waals surface area (Å²) in [4.78, 5) is 2.49. The monoisotopic (exact) mass is 313 g/mol. The Morgan fingerprint density at radius 2 is 2.19 bits per heavy atom. The first-order valence-electron chi connectivity index (χ1n) is 7.18. The molecule has 1 aliphatic rings. The number of rotatable bonds is 6. The lowest BCUT2D eigenvalue weighted by molar-refractivity contribution is -0.0229. The molecule has 1 aliphatic heterocycles. The summed E-state index contributed by atoms with van der Waals surface area (Å²) < 4.78 is 33.0. The minimum Gasteiger partial charge on any atom is -0.374 e. The Balaban J connectivity index is 2.01. The zero-order chi connectivity index (χ0) is 15.3. The van der Waals surface area contributed by atoms with E-state index in [9.17, 15) is 8.42 Å². The summed E-state index contributed by atoms with van der Waals surface area (Å²) in [6, 6.07) is 6.78. The van der Waals surface area contributed by atoms with E-state index in [0.29, 0.717) is 12.2 Å². The topological polar surface area (TPSA) is 84.7 Å². The van der Waals surface area contributed by atoms with Gasteiger partial charge in [-0.1, -0.05) is 25.1 Å². The number of nitrogens with two attached hydrogens (primary N) is 1. The lowest BCUT2D eigenvalue weighted by Crippen LogP contribution is -2.47. The van der Waals surface area contributed by atoms with E-state index in [1.165, 1.54) is 0 Å². The number of nitrogens with one attached hydrogen (secondary N) is 1. The van der Waals surface area contributed by atoms with E-state index in [0.717, 1.165) is 19.6 Å². The molecule has 0 aliphatic carbocycles. The fraction of sp³-hybridized carbons (Fsp3) is 0.571. The van der Waals surface area contributed by atoms with Crippen LogP contribution in [0.3, 0.4) is 0 Å². The van der Waals surface area contributed by atoms with Crippen molar-refractivity contribution in [2.45, 2.75) is 24.5 Å². The second-order valence-electron chi connectivity index (χ2n) is 5.05. The Morgan fingerprint density at radius 1 is 1.43 bits per heavy atom. The average Bonchev–Trinajstić information content (AvgIpc) is 2.53. The van der Waals surface area contributed by atoms with Gasteiger partial charge in [-0.25, -0.2) is 13.1 Å². The Bertz CT molecular complexity index is 562. The zero-order valence-electron chi connectivity index (χ0n) is 12.3. The Hall–Kier alpha value is -0.990. The molecule has 1 heterocycles. The van der Waals surface area contributed by atoms with Gasteiger partial charge in [-0.3, -0.25) is 4.90 Å². The second kappa shape index (κ2) is 7.33. The van der Waals surface area contributed by atoms with Gasteiger partial charge in [-0.15, -0.1) is 0 Å².